The van der Waals surface area contributed by atoms with Crippen molar-refractivity contribution in [3.63, 3.8) is 0 Å². The summed E-state index contributed by atoms with van der Waals surface area (Å²) in [6, 6.07) is 8.23. The van der Waals surface area contributed by atoms with E-state index in [-0.39, 0.29) is 6.10 Å². The highest BCUT2D eigenvalue weighted by molar-refractivity contribution is 5.82. The van der Waals surface area contributed by atoms with E-state index >= 15 is 0 Å². The summed E-state index contributed by atoms with van der Waals surface area (Å²) in [5, 5.41) is 16.4. The summed E-state index contributed by atoms with van der Waals surface area (Å²) in [7, 11) is 0. The second-order valence-corrected chi connectivity index (χ2v) is 5.81. The molecule has 0 spiro atoms. The van der Waals surface area contributed by atoms with Crippen LogP contribution in [0.4, 0.5) is 0 Å². The first-order valence-corrected chi connectivity index (χ1v) is 7.98. The number of benzene rings is 1. The minimum Gasteiger partial charge on any atom is -0.390 e. The van der Waals surface area contributed by atoms with Gasteiger partial charge in [0.15, 0.2) is 0 Å². The number of aliphatic hydroxyl groups excluding tert-OH is 1. The van der Waals surface area contributed by atoms with Crippen molar-refractivity contribution in [3.8, 4) is 0 Å². The average molecular weight is 288 g/mol. The molecule has 1 N–H and O–H groups in total. The number of aryl methyl sites for hydroxylation is 1. The van der Waals surface area contributed by atoms with E-state index in [1.165, 1.54) is 12.8 Å². The first kappa shape index (κ1) is 14.5. The summed E-state index contributed by atoms with van der Waals surface area (Å²) in [4.78, 5) is 0. The maximum Gasteiger partial charge on any atom is 0.0865 e. The summed E-state index contributed by atoms with van der Waals surface area (Å²) in [5.74, 6) is 0.527. The van der Waals surface area contributed by atoms with Gasteiger partial charge < -0.3 is 9.84 Å². The zero-order valence-electron chi connectivity index (χ0n) is 12.8. The minimum absolute atomic E-state index is 0.0412. The Labute approximate surface area is 125 Å². The highest BCUT2D eigenvalue weighted by atomic mass is 16.5. The van der Waals surface area contributed by atoms with Gasteiger partial charge in [0.1, 0.15) is 0 Å². The number of nitrogens with zero attached hydrogens (tertiary/aromatic N) is 2. The number of fused-ring (bicyclic) bond motifs is 1. The lowest BCUT2D eigenvalue weighted by Gasteiger charge is -2.22. The van der Waals surface area contributed by atoms with Crippen molar-refractivity contribution in [2.24, 2.45) is 5.92 Å². The first-order chi connectivity index (χ1) is 10.2. The summed E-state index contributed by atoms with van der Waals surface area (Å²) >= 11 is 0. The molecule has 3 rings (SSSR count). The third kappa shape index (κ3) is 2.97. The molecule has 1 saturated carbocycles. The standard InChI is InChI=1S/C17H24N2O2/c1-3-19-15-8-6-5-7-13(15)14(18-19)11-16(20)17(21-4-2)12-9-10-12/h5-8,12,16-17,20H,3-4,9-11H2,1-2H3. The number of para-hydroxylation sites is 1. The minimum atomic E-state index is -0.471. The Kier molecular flexibility index (Phi) is 4.27. The molecule has 1 aromatic carbocycles. The van der Waals surface area contributed by atoms with Gasteiger partial charge in [0.25, 0.3) is 0 Å². The van der Waals surface area contributed by atoms with E-state index in [4.69, 9.17) is 4.74 Å². The predicted molar refractivity (Wildman–Crippen MR) is 83.3 cm³/mol. The van der Waals surface area contributed by atoms with Crippen molar-refractivity contribution in [2.45, 2.75) is 51.9 Å². The van der Waals surface area contributed by atoms with Gasteiger partial charge in [-0.15, -0.1) is 0 Å². The van der Waals surface area contributed by atoms with Gasteiger partial charge in [-0.3, -0.25) is 4.68 Å². The van der Waals surface area contributed by atoms with Crippen LogP contribution in [-0.4, -0.2) is 33.7 Å². The topological polar surface area (TPSA) is 47.3 Å². The molecule has 21 heavy (non-hydrogen) atoms. The van der Waals surface area contributed by atoms with Crippen LogP contribution >= 0.6 is 0 Å². The summed E-state index contributed by atoms with van der Waals surface area (Å²) in [6.07, 6.45) is 2.40. The van der Waals surface area contributed by atoms with E-state index in [0.717, 1.165) is 23.1 Å². The van der Waals surface area contributed by atoms with Gasteiger partial charge in [0, 0.05) is 25.0 Å². The van der Waals surface area contributed by atoms with Crippen molar-refractivity contribution >= 4 is 10.9 Å². The molecule has 1 fully saturated rings. The third-order valence-electron chi connectivity index (χ3n) is 4.26. The van der Waals surface area contributed by atoms with E-state index in [0.29, 0.717) is 18.9 Å². The van der Waals surface area contributed by atoms with Gasteiger partial charge in [-0.25, -0.2) is 0 Å². The Bertz CT molecular complexity index is 604. The molecular weight excluding hydrogens is 264 g/mol. The average Bonchev–Trinajstić information content (AvgIpc) is 3.28. The fourth-order valence-electron chi connectivity index (χ4n) is 3.08. The molecule has 0 bridgehead atoms. The molecule has 0 amide bonds. The lowest BCUT2D eigenvalue weighted by atomic mass is 10.0. The van der Waals surface area contributed by atoms with Crippen LogP contribution in [-0.2, 0) is 17.7 Å². The molecule has 1 aliphatic carbocycles. The maximum atomic E-state index is 10.6. The molecule has 1 aliphatic rings. The van der Waals surface area contributed by atoms with Crippen LogP contribution in [0.3, 0.4) is 0 Å². The van der Waals surface area contributed by atoms with E-state index < -0.39 is 6.10 Å². The van der Waals surface area contributed by atoms with Gasteiger partial charge in [-0.1, -0.05) is 18.2 Å². The molecule has 114 valence electrons. The van der Waals surface area contributed by atoms with Crippen LogP contribution < -0.4 is 0 Å². The predicted octanol–water partition coefficient (Wildman–Crippen LogP) is 2.77. The molecule has 0 radical (unpaired) electrons. The van der Waals surface area contributed by atoms with Crippen molar-refractivity contribution in [2.75, 3.05) is 6.61 Å². The second-order valence-electron chi connectivity index (χ2n) is 5.81. The van der Waals surface area contributed by atoms with Crippen LogP contribution in [0.2, 0.25) is 0 Å². The maximum absolute atomic E-state index is 10.6. The third-order valence-corrected chi connectivity index (χ3v) is 4.26. The van der Waals surface area contributed by atoms with Gasteiger partial charge in [-0.05, 0) is 38.7 Å². The number of aliphatic hydroxyl groups is 1. The van der Waals surface area contributed by atoms with Crippen LogP contribution in [0.1, 0.15) is 32.4 Å². The Morgan fingerprint density at radius 3 is 2.76 bits per heavy atom. The second kappa shape index (κ2) is 6.16. The fourth-order valence-corrected chi connectivity index (χ4v) is 3.08. The zero-order valence-corrected chi connectivity index (χ0v) is 12.8. The number of hydrogen-bond acceptors (Lipinski definition) is 3. The van der Waals surface area contributed by atoms with E-state index in [1.807, 2.05) is 23.7 Å². The molecule has 4 nitrogen and oxygen atoms in total. The van der Waals surface area contributed by atoms with Crippen molar-refractivity contribution in [1.29, 1.82) is 0 Å². The van der Waals surface area contributed by atoms with Crippen LogP contribution in [0.5, 0.6) is 0 Å². The lowest BCUT2D eigenvalue weighted by Crippen LogP contribution is -2.33. The van der Waals surface area contributed by atoms with Crippen LogP contribution in [0.15, 0.2) is 24.3 Å². The number of hydrogen-bond donors (Lipinski definition) is 1. The summed E-state index contributed by atoms with van der Waals surface area (Å²) < 4.78 is 7.76. The summed E-state index contributed by atoms with van der Waals surface area (Å²) in [6.45, 7) is 5.58. The molecule has 1 aromatic heterocycles. The Balaban J connectivity index is 1.83. The molecular formula is C17H24N2O2. The number of rotatable bonds is 7. The highest BCUT2D eigenvalue weighted by Crippen LogP contribution is 2.36. The van der Waals surface area contributed by atoms with Crippen molar-refractivity contribution in [3.05, 3.63) is 30.0 Å². The Morgan fingerprint density at radius 1 is 1.33 bits per heavy atom. The Morgan fingerprint density at radius 2 is 2.10 bits per heavy atom. The molecule has 0 saturated heterocycles. The molecule has 4 heteroatoms. The van der Waals surface area contributed by atoms with Crippen LogP contribution in [0, 0.1) is 5.92 Å². The molecule has 0 aliphatic heterocycles. The van der Waals surface area contributed by atoms with Gasteiger partial charge >= 0.3 is 0 Å². The fraction of sp³-hybridized carbons (Fsp3) is 0.588. The zero-order chi connectivity index (χ0) is 14.8. The largest absolute Gasteiger partial charge is 0.390 e. The summed E-state index contributed by atoms with van der Waals surface area (Å²) in [5.41, 5.74) is 2.12. The molecule has 2 aromatic rings. The highest BCUT2D eigenvalue weighted by Gasteiger charge is 2.37. The number of aromatic nitrogens is 2. The number of ether oxygens (including phenoxy) is 1. The SMILES string of the molecule is CCOC(C(O)Cc1nn(CC)c2ccccc12)C1CC1. The molecule has 2 unspecified atom stereocenters. The smallest absolute Gasteiger partial charge is 0.0865 e. The van der Waals surface area contributed by atoms with Gasteiger partial charge in [0.2, 0.25) is 0 Å². The van der Waals surface area contributed by atoms with E-state index in [2.05, 4.69) is 24.2 Å². The monoisotopic (exact) mass is 288 g/mol. The van der Waals surface area contributed by atoms with E-state index in [1.54, 1.807) is 0 Å². The van der Waals surface area contributed by atoms with Crippen LogP contribution in [0.25, 0.3) is 10.9 Å². The normalized spacial score (nSPS) is 18.0. The quantitative estimate of drug-likeness (QED) is 0.852. The van der Waals surface area contributed by atoms with Crippen molar-refractivity contribution < 1.29 is 9.84 Å². The lowest BCUT2D eigenvalue weighted by molar-refractivity contribution is -0.0442. The Hall–Kier alpha value is -1.39. The molecule has 1 heterocycles. The first-order valence-electron chi connectivity index (χ1n) is 7.98. The van der Waals surface area contributed by atoms with Gasteiger partial charge in [0.05, 0.1) is 23.4 Å². The molecule has 2 atom stereocenters. The van der Waals surface area contributed by atoms with Crippen molar-refractivity contribution in [1.82, 2.24) is 9.78 Å². The van der Waals surface area contributed by atoms with E-state index in [9.17, 15) is 5.11 Å². The van der Waals surface area contributed by atoms with Gasteiger partial charge in [-0.2, -0.15) is 5.10 Å².